The van der Waals surface area contributed by atoms with E-state index in [1.54, 1.807) is 7.11 Å². The van der Waals surface area contributed by atoms with Crippen molar-refractivity contribution in [3.8, 4) is 5.75 Å². The lowest BCUT2D eigenvalue weighted by Crippen LogP contribution is -2.48. The van der Waals surface area contributed by atoms with E-state index in [9.17, 15) is 4.79 Å². The maximum absolute atomic E-state index is 12.4. The van der Waals surface area contributed by atoms with Crippen LogP contribution in [0.2, 0.25) is 0 Å². The van der Waals surface area contributed by atoms with Crippen molar-refractivity contribution in [3.63, 3.8) is 0 Å². The second kappa shape index (κ2) is 8.17. The molecular formula is C21H31N3O3. The molecule has 0 aliphatic carbocycles. The van der Waals surface area contributed by atoms with E-state index in [1.165, 1.54) is 5.56 Å². The van der Waals surface area contributed by atoms with E-state index >= 15 is 0 Å². The molecule has 3 heterocycles. The summed E-state index contributed by atoms with van der Waals surface area (Å²) in [4.78, 5) is 17.4. The van der Waals surface area contributed by atoms with Gasteiger partial charge in [-0.1, -0.05) is 12.1 Å². The van der Waals surface area contributed by atoms with Gasteiger partial charge in [0.1, 0.15) is 11.9 Å². The Balaban J connectivity index is 1.24. The number of piperidine rings is 1. The summed E-state index contributed by atoms with van der Waals surface area (Å²) in [5, 5.41) is 3.35. The monoisotopic (exact) mass is 373 g/mol. The van der Waals surface area contributed by atoms with Crippen LogP contribution in [0.4, 0.5) is 0 Å². The van der Waals surface area contributed by atoms with E-state index < -0.39 is 0 Å². The van der Waals surface area contributed by atoms with Crippen molar-refractivity contribution >= 4 is 5.97 Å². The minimum Gasteiger partial charge on any atom is -0.497 e. The van der Waals surface area contributed by atoms with Gasteiger partial charge in [0.2, 0.25) is 0 Å². The molecule has 3 aliphatic rings. The normalized spacial score (nSPS) is 26.3. The second-order valence-electron chi connectivity index (χ2n) is 8.19. The van der Waals surface area contributed by atoms with E-state index in [0.29, 0.717) is 0 Å². The van der Waals surface area contributed by atoms with E-state index in [1.807, 2.05) is 6.07 Å². The molecule has 6 nitrogen and oxygen atoms in total. The molecule has 0 aromatic heterocycles. The Hall–Kier alpha value is -1.63. The number of hydrogen-bond donors (Lipinski definition) is 1. The van der Waals surface area contributed by atoms with Crippen LogP contribution in [0, 0.1) is 5.41 Å². The molecule has 4 rings (SSSR count). The summed E-state index contributed by atoms with van der Waals surface area (Å²) in [6.45, 7) is 7.88. The molecule has 0 bridgehead atoms. The predicted molar refractivity (Wildman–Crippen MR) is 104 cm³/mol. The first kappa shape index (κ1) is 18.7. The molecule has 1 aromatic rings. The molecule has 148 valence electrons. The first-order valence-electron chi connectivity index (χ1n) is 10.2. The van der Waals surface area contributed by atoms with Crippen LogP contribution < -0.4 is 10.1 Å². The van der Waals surface area contributed by atoms with Crippen LogP contribution >= 0.6 is 0 Å². The molecule has 27 heavy (non-hydrogen) atoms. The maximum Gasteiger partial charge on any atom is 0.312 e. The topological polar surface area (TPSA) is 54.0 Å². The summed E-state index contributed by atoms with van der Waals surface area (Å²) >= 11 is 0. The van der Waals surface area contributed by atoms with Crippen molar-refractivity contribution in [1.82, 2.24) is 15.1 Å². The van der Waals surface area contributed by atoms with Gasteiger partial charge in [-0.3, -0.25) is 14.6 Å². The van der Waals surface area contributed by atoms with Gasteiger partial charge in [-0.05, 0) is 43.6 Å². The van der Waals surface area contributed by atoms with E-state index in [2.05, 4.69) is 33.3 Å². The van der Waals surface area contributed by atoms with E-state index in [0.717, 1.165) is 77.4 Å². The third-order valence-electron chi connectivity index (χ3n) is 6.35. The number of hydrogen-bond acceptors (Lipinski definition) is 6. The Morgan fingerprint density at radius 3 is 2.67 bits per heavy atom. The lowest BCUT2D eigenvalue weighted by Gasteiger charge is -2.35. The number of esters is 1. The molecule has 3 aliphatic heterocycles. The lowest BCUT2D eigenvalue weighted by atomic mass is 9.76. The Bertz CT molecular complexity index is 652. The van der Waals surface area contributed by atoms with Crippen molar-refractivity contribution < 1.29 is 14.3 Å². The van der Waals surface area contributed by atoms with Crippen LogP contribution in [0.5, 0.6) is 5.75 Å². The van der Waals surface area contributed by atoms with E-state index in [4.69, 9.17) is 9.47 Å². The fourth-order valence-corrected chi connectivity index (χ4v) is 4.70. The summed E-state index contributed by atoms with van der Waals surface area (Å²) in [6, 6.07) is 8.31. The van der Waals surface area contributed by atoms with Crippen molar-refractivity contribution in [1.29, 1.82) is 0 Å². The first-order chi connectivity index (χ1) is 13.2. The Morgan fingerprint density at radius 1 is 1.19 bits per heavy atom. The molecule has 1 aromatic carbocycles. The number of nitrogens with one attached hydrogen (secondary N) is 1. The van der Waals surface area contributed by atoms with Crippen LogP contribution in [-0.2, 0) is 16.1 Å². The quantitative estimate of drug-likeness (QED) is 0.790. The predicted octanol–water partition coefficient (Wildman–Crippen LogP) is 1.50. The molecular weight excluding hydrogens is 342 g/mol. The van der Waals surface area contributed by atoms with Crippen LogP contribution in [0.15, 0.2) is 24.3 Å². The number of methoxy groups -OCH3 is 1. The van der Waals surface area contributed by atoms with Crippen molar-refractivity contribution in [3.05, 3.63) is 29.8 Å². The number of nitrogens with zero attached hydrogens (tertiary/aromatic N) is 2. The zero-order chi connectivity index (χ0) is 18.7. The zero-order valence-electron chi connectivity index (χ0n) is 16.3. The van der Waals surface area contributed by atoms with Gasteiger partial charge in [-0.2, -0.15) is 0 Å². The minimum atomic E-state index is -0.204. The van der Waals surface area contributed by atoms with Gasteiger partial charge in [0.05, 0.1) is 12.5 Å². The number of benzene rings is 1. The first-order valence-corrected chi connectivity index (χ1v) is 10.2. The summed E-state index contributed by atoms with van der Waals surface area (Å²) in [7, 11) is 1.71. The third-order valence-corrected chi connectivity index (χ3v) is 6.35. The average molecular weight is 373 g/mol. The van der Waals surface area contributed by atoms with Gasteiger partial charge in [0.25, 0.3) is 0 Å². The maximum atomic E-state index is 12.4. The number of carbonyl (C=O) groups excluding carboxylic acids is 1. The number of carbonyl (C=O) groups is 1. The van der Waals surface area contributed by atoms with Gasteiger partial charge < -0.3 is 14.8 Å². The van der Waals surface area contributed by atoms with Crippen molar-refractivity contribution in [2.24, 2.45) is 5.41 Å². The number of rotatable bonds is 5. The number of cyclic esters (lactones) is 1. The fourth-order valence-electron chi connectivity index (χ4n) is 4.70. The molecule has 0 saturated carbocycles. The number of ether oxygens (including phenoxy) is 2. The molecule has 3 saturated heterocycles. The minimum absolute atomic E-state index is 0.0469. The molecule has 0 amide bonds. The molecule has 0 radical (unpaired) electrons. The third kappa shape index (κ3) is 4.28. The SMILES string of the molecule is COc1cccc(CN2CCN(CC3CC4(CCNCC4)C(=O)O3)CC2)c1. The van der Waals surface area contributed by atoms with Gasteiger partial charge in [0.15, 0.2) is 0 Å². The zero-order valence-corrected chi connectivity index (χ0v) is 16.3. The summed E-state index contributed by atoms with van der Waals surface area (Å²) in [5.41, 5.74) is 1.09. The average Bonchev–Trinajstić information content (AvgIpc) is 2.98. The highest BCUT2D eigenvalue weighted by atomic mass is 16.6. The second-order valence-corrected chi connectivity index (χ2v) is 8.19. The van der Waals surface area contributed by atoms with Gasteiger partial charge in [-0.15, -0.1) is 0 Å². The Kier molecular flexibility index (Phi) is 5.66. The van der Waals surface area contributed by atoms with Gasteiger partial charge in [-0.25, -0.2) is 0 Å². The lowest BCUT2D eigenvalue weighted by molar-refractivity contribution is -0.150. The summed E-state index contributed by atoms with van der Waals surface area (Å²) in [6.07, 6.45) is 2.82. The molecule has 6 heteroatoms. The molecule has 1 N–H and O–H groups in total. The fraction of sp³-hybridized carbons (Fsp3) is 0.667. The van der Waals surface area contributed by atoms with Gasteiger partial charge in [0, 0.05) is 45.7 Å². The van der Waals surface area contributed by atoms with E-state index in [-0.39, 0.29) is 17.5 Å². The van der Waals surface area contributed by atoms with Crippen LogP contribution in [-0.4, -0.2) is 74.8 Å². The molecule has 1 atom stereocenters. The highest BCUT2D eigenvalue weighted by Gasteiger charge is 2.49. The standard InChI is InChI=1S/C21H31N3O3/c1-26-18-4-2-3-17(13-18)15-23-9-11-24(12-10-23)16-19-14-21(20(25)27-19)5-7-22-8-6-21/h2-4,13,19,22H,5-12,14-16H2,1H3. The van der Waals surface area contributed by atoms with Crippen LogP contribution in [0.25, 0.3) is 0 Å². The molecule has 1 spiro atoms. The van der Waals surface area contributed by atoms with Crippen LogP contribution in [0.1, 0.15) is 24.8 Å². The Labute approximate surface area is 161 Å². The molecule has 3 fully saturated rings. The van der Waals surface area contributed by atoms with Crippen molar-refractivity contribution in [2.75, 3.05) is 52.9 Å². The number of piperazine rings is 1. The summed E-state index contributed by atoms with van der Waals surface area (Å²) < 4.78 is 11.1. The highest BCUT2D eigenvalue weighted by molar-refractivity contribution is 5.79. The van der Waals surface area contributed by atoms with Crippen molar-refractivity contribution in [2.45, 2.75) is 31.9 Å². The summed E-state index contributed by atoms with van der Waals surface area (Å²) in [5.74, 6) is 0.965. The largest absolute Gasteiger partial charge is 0.497 e. The molecule has 1 unspecified atom stereocenters. The van der Waals surface area contributed by atoms with Gasteiger partial charge >= 0.3 is 5.97 Å². The smallest absolute Gasteiger partial charge is 0.312 e. The Morgan fingerprint density at radius 2 is 1.93 bits per heavy atom. The highest BCUT2D eigenvalue weighted by Crippen LogP contribution is 2.41. The van der Waals surface area contributed by atoms with Crippen LogP contribution in [0.3, 0.4) is 0 Å².